The molecule has 2 aromatic carbocycles. The van der Waals surface area contributed by atoms with Gasteiger partial charge in [-0.25, -0.2) is 4.39 Å². The van der Waals surface area contributed by atoms with Crippen LogP contribution in [0.25, 0.3) is 0 Å². The number of rotatable bonds is 5. The van der Waals surface area contributed by atoms with Crippen LogP contribution in [-0.4, -0.2) is 16.7 Å². The fourth-order valence-electron chi connectivity index (χ4n) is 4.21. The fourth-order valence-corrected chi connectivity index (χ4v) is 4.21. The van der Waals surface area contributed by atoms with Crippen LogP contribution in [-0.2, 0) is 24.2 Å². The molecule has 0 spiro atoms. The predicted molar refractivity (Wildman–Crippen MR) is 98.9 cm³/mol. The molecular weight excluding hydrogens is 347 g/mol. The number of aryl methyl sites for hydroxylation is 1. The first-order valence-corrected chi connectivity index (χ1v) is 9.28. The van der Waals surface area contributed by atoms with Crippen molar-refractivity contribution >= 4 is 5.97 Å². The number of carbonyl (C=O) groups is 1. The molecule has 0 aromatic heterocycles. The van der Waals surface area contributed by atoms with Gasteiger partial charge in [-0.2, -0.15) is 0 Å². The minimum atomic E-state index is -0.768. The number of aliphatic carboxylic acids is 1. The Balaban J connectivity index is 1.50. The van der Waals surface area contributed by atoms with E-state index in [1.165, 1.54) is 12.1 Å². The largest absolute Gasteiger partial charge is 0.489 e. The monoisotopic (exact) mass is 370 g/mol. The Labute approximate surface area is 157 Å². The lowest BCUT2D eigenvalue weighted by molar-refractivity contribution is -0.137. The molecule has 2 aliphatic rings. The lowest BCUT2D eigenvalue weighted by Crippen LogP contribution is -2.25. The molecule has 0 saturated heterocycles. The van der Waals surface area contributed by atoms with Gasteiger partial charge in [-0.15, -0.1) is 0 Å². The Morgan fingerprint density at radius 2 is 2.11 bits per heavy atom. The van der Waals surface area contributed by atoms with Gasteiger partial charge < -0.3 is 14.6 Å². The fraction of sp³-hybridized carbons (Fsp3) is 0.409. The van der Waals surface area contributed by atoms with E-state index in [9.17, 15) is 9.18 Å². The van der Waals surface area contributed by atoms with Crippen LogP contribution < -0.4 is 9.47 Å². The Morgan fingerprint density at radius 3 is 2.89 bits per heavy atom. The van der Waals surface area contributed by atoms with E-state index in [-0.39, 0.29) is 30.4 Å². The first-order valence-electron chi connectivity index (χ1n) is 9.28. The normalized spacial score (nSPS) is 19.3. The third kappa shape index (κ3) is 3.64. The highest BCUT2D eigenvalue weighted by Crippen LogP contribution is 2.40. The van der Waals surface area contributed by atoms with Gasteiger partial charge in [-0.05, 0) is 68.0 Å². The van der Waals surface area contributed by atoms with Crippen LogP contribution in [0.4, 0.5) is 4.39 Å². The molecular formula is C22H23FO4. The van der Waals surface area contributed by atoms with Gasteiger partial charge in [0.2, 0.25) is 0 Å². The number of carboxylic acids is 1. The quantitative estimate of drug-likeness (QED) is 0.834. The van der Waals surface area contributed by atoms with Gasteiger partial charge in [0.05, 0.1) is 6.42 Å². The Bertz CT molecular complexity index is 903. The van der Waals surface area contributed by atoms with Crippen LogP contribution in [0, 0.1) is 5.82 Å². The second kappa shape index (κ2) is 6.55. The Hall–Kier alpha value is -2.56. The van der Waals surface area contributed by atoms with E-state index in [4.69, 9.17) is 14.6 Å². The molecule has 1 heterocycles. The van der Waals surface area contributed by atoms with Gasteiger partial charge in [0, 0.05) is 17.5 Å². The molecule has 0 saturated carbocycles. The van der Waals surface area contributed by atoms with Crippen molar-refractivity contribution < 1.29 is 23.8 Å². The summed E-state index contributed by atoms with van der Waals surface area (Å²) in [7, 11) is 0. The average Bonchev–Trinajstić information content (AvgIpc) is 3.11. The van der Waals surface area contributed by atoms with Crippen molar-refractivity contribution in [2.24, 2.45) is 0 Å². The highest BCUT2D eigenvalue weighted by molar-refractivity contribution is 5.68. The van der Waals surface area contributed by atoms with Crippen LogP contribution in [0.1, 0.15) is 54.9 Å². The summed E-state index contributed by atoms with van der Waals surface area (Å²) >= 11 is 0. The first kappa shape index (κ1) is 17.8. The zero-order valence-corrected chi connectivity index (χ0v) is 15.5. The number of hydrogen-bond acceptors (Lipinski definition) is 3. The van der Waals surface area contributed by atoms with Crippen molar-refractivity contribution in [2.45, 2.75) is 57.7 Å². The van der Waals surface area contributed by atoms with Crippen LogP contribution in [0.3, 0.4) is 0 Å². The van der Waals surface area contributed by atoms with E-state index in [1.807, 2.05) is 32.0 Å². The molecule has 0 amide bonds. The van der Waals surface area contributed by atoms with Gasteiger partial charge in [0.25, 0.3) is 0 Å². The Kier molecular flexibility index (Phi) is 4.33. The van der Waals surface area contributed by atoms with Crippen LogP contribution in [0.15, 0.2) is 30.3 Å². The van der Waals surface area contributed by atoms with Crippen molar-refractivity contribution in [3.8, 4) is 11.5 Å². The third-order valence-electron chi connectivity index (χ3n) is 5.33. The molecule has 4 rings (SSSR count). The summed E-state index contributed by atoms with van der Waals surface area (Å²) in [6.45, 7) is 4.21. The molecule has 1 aliphatic carbocycles. The molecule has 1 atom stereocenters. The number of carboxylic acid groups (broad SMARTS) is 1. The summed E-state index contributed by atoms with van der Waals surface area (Å²) in [5.41, 5.74) is 3.49. The molecule has 0 fully saturated rings. The molecule has 0 radical (unpaired) electrons. The molecule has 1 aliphatic heterocycles. The number of halogens is 1. The van der Waals surface area contributed by atoms with E-state index in [2.05, 4.69) is 0 Å². The summed E-state index contributed by atoms with van der Waals surface area (Å²) in [5, 5.41) is 9.03. The lowest BCUT2D eigenvalue weighted by atomic mass is 9.98. The smallest absolute Gasteiger partial charge is 0.303 e. The van der Waals surface area contributed by atoms with Gasteiger partial charge >= 0.3 is 5.97 Å². The highest BCUT2D eigenvalue weighted by atomic mass is 19.1. The maximum atomic E-state index is 14.0. The summed E-state index contributed by atoms with van der Waals surface area (Å²) in [6.07, 6.45) is 2.55. The van der Waals surface area contributed by atoms with E-state index in [1.54, 1.807) is 0 Å². The zero-order chi connectivity index (χ0) is 19.2. The van der Waals surface area contributed by atoms with Crippen molar-refractivity contribution in [3.63, 3.8) is 0 Å². The highest BCUT2D eigenvalue weighted by Gasteiger charge is 2.32. The van der Waals surface area contributed by atoms with Gasteiger partial charge in [0.1, 0.15) is 29.5 Å². The molecule has 4 nitrogen and oxygen atoms in total. The topological polar surface area (TPSA) is 55.8 Å². The van der Waals surface area contributed by atoms with Gasteiger partial charge in [-0.1, -0.05) is 6.07 Å². The second-order valence-corrected chi connectivity index (χ2v) is 8.07. The van der Waals surface area contributed by atoms with Crippen LogP contribution in [0.2, 0.25) is 0 Å². The molecule has 27 heavy (non-hydrogen) atoms. The predicted octanol–water partition coefficient (Wildman–Crippen LogP) is 4.62. The Morgan fingerprint density at radius 1 is 1.30 bits per heavy atom. The van der Waals surface area contributed by atoms with Crippen molar-refractivity contribution in [1.29, 1.82) is 0 Å². The maximum Gasteiger partial charge on any atom is 0.303 e. The van der Waals surface area contributed by atoms with Crippen LogP contribution in [0.5, 0.6) is 11.5 Å². The minimum absolute atomic E-state index is 0.0775. The number of fused-ring (bicyclic) bond motifs is 2. The van der Waals surface area contributed by atoms with E-state index in [0.29, 0.717) is 17.7 Å². The number of hydrogen-bond donors (Lipinski definition) is 1. The third-order valence-corrected chi connectivity index (χ3v) is 5.33. The number of benzene rings is 2. The van der Waals surface area contributed by atoms with Crippen molar-refractivity contribution in [3.05, 3.63) is 58.4 Å². The van der Waals surface area contributed by atoms with Crippen molar-refractivity contribution in [1.82, 2.24) is 0 Å². The van der Waals surface area contributed by atoms with E-state index < -0.39 is 5.97 Å². The summed E-state index contributed by atoms with van der Waals surface area (Å²) in [6, 6.07) is 8.80. The molecule has 0 unspecified atom stereocenters. The summed E-state index contributed by atoms with van der Waals surface area (Å²) < 4.78 is 25.9. The lowest BCUT2D eigenvalue weighted by Gasteiger charge is -2.18. The minimum Gasteiger partial charge on any atom is -0.489 e. The molecule has 1 N–H and O–H groups in total. The SMILES string of the molecule is CC1(C)Cc2cc(F)cc(COc3ccc4c(c3)CC[C@@H]4CC(=O)O)c2O1. The average molecular weight is 370 g/mol. The molecule has 5 heteroatoms. The summed E-state index contributed by atoms with van der Waals surface area (Å²) in [5.74, 6) is 0.466. The van der Waals surface area contributed by atoms with Gasteiger partial charge in [-0.3, -0.25) is 4.79 Å². The summed E-state index contributed by atoms with van der Waals surface area (Å²) in [4.78, 5) is 11.0. The molecule has 2 aromatic rings. The van der Waals surface area contributed by atoms with Crippen LogP contribution >= 0.6 is 0 Å². The maximum absolute atomic E-state index is 14.0. The number of ether oxygens (including phenoxy) is 2. The standard InChI is InChI=1S/C22H23FO4/c1-22(2)11-15-7-17(23)8-16(21(15)27-22)12-26-18-5-6-19-13(9-18)3-4-14(19)10-20(24)25/h5-9,14H,3-4,10-12H2,1-2H3,(H,24,25)/t14-/m1/s1. The zero-order valence-electron chi connectivity index (χ0n) is 15.5. The van der Waals surface area contributed by atoms with E-state index in [0.717, 1.165) is 35.3 Å². The van der Waals surface area contributed by atoms with Crippen molar-refractivity contribution in [2.75, 3.05) is 0 Å². The molecule has 0 bridgehead atoms. The van der Waals surface area contributed by atoms with E-state index >= 15 is 0 Å². The van der Waals surface area contributed by atoms with Gasteiger partial charge in [0.15, 0.2) is 0 Å². The first-order chi connectivity index (χ1) is 12.8. The molecule has 142 valence electrons. The second-order valence-electron chi connectivity index (χ2n) is 8.07.